The molecule has 82 valence electrons. The van der Waals surface area contributed by atoms with Gasteiger partial charge in [0.05, 0.1) is 12.5 Å². The second-order valence-corrected chi connectivity index (χ2v) is 3.24. The van der Waals surface area contributed by atoms with Crippen molar-refractivity contribution < 1.29 is 9.47 Å². The SMILES string of the molecule is C=COC(CCCCCCC)OC=C. The van der Waals surface area contributed by atoms with Gasteiger partial charge in [-0.15, -0.1) is 0 Å². The summed E-state index contributed by atoms with van der Waals surface area (Å²) < 4.78 is 10.3. The molecule has 0 spiro atoms. The van der Waals surface area contributed by atoms with Gasteiger partial charge in [0.15, 0.2) is 0 Å². The molecule has 0 aromatic rings. The Bertz CT molecular complexity index is 133. The standard InChI is InChI=1S/C12H22O2/c1-4-7-8-9-10-11-12(13-5-2)14-6-3/h5-6,12H,2-4,7-11H2,1H3. The molecule has 0 aromatic carbocycles. The van der Waals surface area contributed by atoms with Crippen molar-refractivity contribution in [2.75, 3.05) is 0 Å². The van der Waals surface area contributed by atoms with Crippen LogP contribution < -0.4 is 0 Å². The molecule has 0 heterocycles. The minimum absolute atomic E-state index is 0.202. The van der Waals surface area contributed by atoms with Gasteiger partial charge in [0.1, 0.15) is 0 Å². The van der Waals surface area contributed by atoms with Crippen molar-refractivity contribution in [1.29, 1.82) is 0 Å². The van der Waals surface area contributed by atoms with Crippen molar-refractivity contribution in [2.24, 2.45) is 0 Å². The lowest BCUT2D eigenvalue weighted by Gasteiger charge is -2.15. The molecular formula is C12H22O2. The lowest BCUT2D eigenvalue weighted by atomic mass is 10.1. The van der Waals surface area contributed by atoms with E-state index in [-0.39, 0.29) is 6.29 Å². The molecule has 0 atom stereocenters. The molecule has 2 nitrogen and oxygen atoms in total. The van der Waals surface area contributed by atoms with Gasteiger partial charge in [0.25, 0.3) is 0 Å². The van der Waals surface area contributed by atoms with Crippen molar-refractivity contribution in [1.82, 2.24) is 0 Å². The van der Waals surface area contributed by atoms with Gasteiger partial charge in [-0.2, -0.15) is 0 Å². The molecule has 0 amide bonds. The Kier molecular flexibility index (Phi) is 9.49. The maximum atomic E-state index is 5.16. The summed E-state index contributed by atoms with van der Waals surface area (Å²) >= 11 is 0. The summed E-state index contributed by atoms with van der Waals surface area (Å²) in [6.07, 6.45) is 9.79. The van der Waals surface area contributed by atoms with Crippen LogP contribution >= 0.6 is 0 Å². The molecule has 0 unspecified atom stereocenters. The van der Waals surface area contributed by atoms with Crippen molar-refractivity contribution in [3.05, 3.63) is 25.7 Å². The predicted molar refractivity (Wildman–Crippen MR) is 59.7 cm³/mol. The summed E-state index contributed by atoms with van der Waals surface area (Å²) in [7, 11) is 0. The van der Waals surface area contributed by atoms with E-state index in [0.29, 0.717) is 0 Å². The van der Waals surface area contributed by atoms with E-state index in [1.165, 1.54) is 38.2 Å². The molecule has 0 fully saturated rings. The molecule has 0 aliphatic heterocycles. The van der Waals surface area contributed by atoms with Crippen LogP contribution in [0.4, 0.5) is 0 Å². The molecule has 0 aliphatic rings. The third-order valence-corrected chi connectivity index (χ3v) is 2.04. The van der Waals surface area contributed by atoms with Crippen molar-refractivity contribution in [3.8, 4) is 0 Å². The van der Waals surface area contributed by atoms with Gasteiger partial charge >= 0.3 is 0 Å². The maximum Gasteiger partial charge on any atom is 0.239 e. The first kappa shape index (κ1) is 13.1. The van der Waals surface area contributed by atoms with Gasteiger partial charge in [0, 0.05) is 6.42 Å². The van der Waals surface area contributed by atoms with Crippen LogP contribution in [0.2, 0.25) is 0 Å². The van der Waals surface area contributed by atoms with Crippen LogP contribution in [-0.2, 0) is 9.47 Å². The molecule has 0 aliphatic carbocycles. The molecule has 0 rings (SSSR count). The highest BCUT2D eigenvalue weighted by Crippen LogP contribution is 2.10. The summed E-state index contributed by atoms with van der Waals surface area (Å²) in [4.78, 5) is 0. The second kappa shape index (κ2) is 10.2. The Balaban J connectivity index is 3.39. The van der Waals surface area contributed by atoms with Crippen molar-refractivity contribution in [3.63, 3.8) is 0 Å². The highest BCUT2D eigenvalue weighted by molar-refractivity contribution is 4.59. The normalized spacial score (nSPS) is 9.86. The van der Waals surface area contributed by atoms with Crippen LogP contribution in [0.3, 0.4) is 0 Å². The summed E-state index contributed by atoms with van der Waals surface area (Å²) in [6, 6.07) is 0. The first-order valence-electron chi connectivity index (χ1n) is 5.37. The van der Waals surface area contributed by atoms with E-state index in [9.17, 15) is 0 Å². The highest BCUT2D eigenvalue weighted by atomic mass is 16.7. The van der Waals surface area contributed by atoms with Crippen LogP contribution in [0.15, 0.2) is 25.7 Å². The molecule has 0 aromatic heterocycles. The van der Waals surface area contributed by atoms with Gasteiger partial charge < -0.3 is 9.47 Å². The van der Waals surface area contributed by atoms with Crippen LogP contribution in [0.5, 0.6) is 0 Å². The van der Waals surface area contributed by atoms with Gasteiger partial charge in [-0.25, -0.2) is 0 Å². The maximum absolute atomic E-state index is 5.16. The average Bonchev–Trinajstić information content (AvgIpc) is 2.18. The fourth-order valence-corrected chi connectivity index (χ4v) is 1.30. The monoisotopic (exact) mass is 198 g/mol. The zero-order chi connectivity index (χ0) is 10.6. The van der Waals surface area contributed by atoms with Crippen LogP contribution in [0.1, 0.15) is 45.4 Å². The fourth-order valence-electron chi connectivity index (χ4n) is 1.30. The minimum Gasteiger partial charge on any atom is -0.463 e. The number of hydrogen-bond donors (Lipinski definition) is 0. The third kappa shape index (κ3) is 7.71. The smallest absolute Gasteiger partial charge is 0.239 e. The zero-order valence-corrected chi connectivity index (χ0v) is 9.21. The molecule has 0 bridgehead atoms. The molecule has 0 saturated carbocycles. The van der Waals surface area contributed by atoms with Gasteiger partial charge in [-0.3, -0.25) is 0 Å². The van der Waals surface area contributed by atoms with E-state index < -0.39 is 0 Å². The predicted octanol–water partition coefficient (Wildman–Crippen LogP) is 3.99. The first-order chi connectivity index (χ1) is 6.85. The second-order valence-electron chi connectivity index (χ2n) is 3.24. The van der Waals surface area contributed by atoms with Crippen LogP contribution in [-0.4, -0.2) is 6.29 Å². The van der Waals surface area contributed by atoms with E-state index in [1.54, 1.807) is 0 Å². The molecule has 2 heteroatoms. The Hall–Kier alpha value is -0.920. The highest BCUT2D eigenvalue weighted by Gasteiger charge is 2.05. The molecular weight excluding hydrogens is 176 g/mol. The van der Waals surface area contributed by atoms with E-state index >= 15 is 0 Å². The topological polar surface area (TPSA) is 18.5 Å². The van der Waals surface area contributed by atoms with Crippen molar-refractivity contribution >= 4 is 0 Å². The van der Waals surface area contributed by atoms with Crippen LogP contribution in [0.25, 0.3) is 0 Å². The molecule has 0 radical (unpaired) electrons. The summed E-state index contributed by atoms with van der Waals surface area (Å²) in [5.74, 6) is 0. The Labute approximate surface area is 87.6 Å². The summed E-state index contributed by atoms with van der Waals surface area (Å²) in [5.41, 5.74) is 0. The largest absolute Gasteiger partial charge is 0.463 e. The van der Waals surface area contributed by atoms with E-state index in [4.69, 9.17) is 9.47 Å². The number of unbranched alkanes of at least 4 members (excludes halogenated alkanes) is 4. The number of rotatable bonds is 10. The summed E-state index contributed by atoms with van der Waals surface area (Å²) in [6.45, 7) is 9.22. The van der Waals surface area contributed by atoms with Gasteiger partial charge in [0.2, 0.25) is 6.29 Å². The zero-order valence-electron chi connectivity index (χ0n) is 9.21. The lowest BCUT2D eigenvalue weighted by molar-refractivity contribution is -0.0664. The molecule has 0 N–H and O–H groups in total. The van der Waals surface area contributed by atoms with Gasteiger partial charge in [-0.05, 0) is 6.42 Å². The third-order valence-electron chi connectivity index (χ3n) is 2.04. The molecule has 0 saturated heterocycles. The van der Waals surface area contributed by atoms with Crippen LogP contribution in [0, 0.1) is 0 Å². The average molecular weight is 198 g/mol. The lowest BCUT2D eigenvalue weighted by Crippen LogP contribution is -2.11. The Morgan fingerprint density at radius 1 is 1.00 bits per heavy atom. The first-order valence-corrected chi connectivity index (χ1v) is 5.37. The minimum atomic E-state index is -0.202. The number of hydrogen-bond acceptors (Lipinski definition) is 2. The van der Waals surface area contributed by atoms with E-state index in [2.05, 4.69) is 20.1 Å². The fraction of sp³-hybridized carbons (Fsp3) is 0.667. The summed E-state index contributed by atoms with van der Waals surface area (Å²) in [5, 5.41) is 0. The Morgan fingerprint density at radius 3 is 2.07 bits per heavy atom. The van der Waals surface area contributed by atoms with E-state index in [0.717, 1.165) is 12.8 Å². The van der Waals surface area contributed by atoms with Gasteiger partial charge in [-0.1, -0.05) is 45.8 Å². The quantitative estimate of drug-likeness (QED) is 0.300. The number of ether oxygens (including phenoxy) is 2. The van der Waals surface area contributed by atoms with E-state index in [1.807, 2.05) is 0 Å². The molecule has 14 heavy (non-hydrogen) atoms. The Morgan fingerprint density at radius 2 is 1.57 bits per heavy atom. The van der Waals surface area contributed by atoms with Crippen molar-refractivity contribution in [2.45, 2.75) is 51.7 Å².